The van der Waals surface area contributed by atoms with E-state index < -0.39 is 0 Å². The molecule has 1 aromatic rings. The van der Waals surface area contributed by atoms with E-state index in [4.69, 9.17) is 0 Å². The summed E-state index contributed by atoms with van der Waals surface area (Å²) < 4.78 is 13.3. The van der Waals surface area contributed by atoms with Gasteiger partial charge in [-0.2, -0.15) is 0 Å². The first-order valence-electron chi connectivity index (χ1n) is 6.84. The molecule has 18 heavy (non-hydrogen) atoms. The standard InChI is InChI=1S/C15H25FN2/c1-4-10-17-15(9-11-18(3)5-2)13-7-6-8-14(16)12-13/h6-8,12,15,17H,4-5,9-11H2,1-3H3. The first-order chi connectivity index (χ1) is 8.67. The van der Waals surface area contributed by atoms with E-state index in [2.05, 4.69) is 31.1 Å². The van der Waals surface area contributed by atoms with E-state index in [1.807, 2.05) is 6.07 Å². The van der Waals surface area contributed by atoms with E-state index in [1.54, 1.807) is 12.1 Å². The summed E-state index contributed by atoms with van der Waals surface area (Å²) in [6.45, 7) is 7.33. The number of hydrogen-bond donors (Lipinski definition) is 1. The average molecular weight is 252 g/mol. The predicted molar refractivity (Wildman–Crippen MR) is 75.2 cm³/mol. The second kappa shape index (κ2) is 8.22. The molecule has 3 heteroatoms. The maximum Gasteiger partial charge on any atom is 0.123 e. The highest BCUT2D eigenvalue weighted by Gasteiger charge is 2.11. The van der Waals surface area contributed by atoms with Crippen molar-refractivity contribution in [2.75, 3.05) is 26.7 Å². The van der Waals surface area contributed by atoms with Gasteiger partial charge in [0, 0.05) is 6.04 Å². The molecule has 0 bridgehead atoms. The van der Waals surface area contributed by atoms with E-state index in [-0.39, 0.29) is 11.9 Å². The lowest BCUT2D eigenvalue weighted by Gasteiger charge is -2.22. The quantitative estimate of drug-likeness (QED) is 0.764. The van der Waals surface area contributed by atoms with E-state index >= 15 is 0 Å². The molecule has 1 aromatic carbocycles. The number of hydrogen-bond acceptors (Lipinski definition) is 2. The van der Waals surface area contributed by atoms with Crippen molar-refractivity contribution in [3.63, 3.8) is 0 Å². The van der Waals surface area contributed by atoms with Gasteiger partial charge in [-0.1, -0.05) is 26.0 Å². The topological polar surface area (TPSA) is 15.3 Å². The monoisotopic (exact) mass is 252 g/mol. The van der Waals surface area contributed by atoms with Crippen molar-refractivity contribution in [3.8, 4) is 0 Å². The van der Waals surface area contributed by atoms with Crippen LogP contribution in [0.4, 0.5) is 4.39 Å². The molecule has 0 heterocycles. The molecule has 0 amide bonds. The molecule has 1 rings (SSSR count). The Bertz CT molecular complexity index is 341. The maximum absolute atomic E-state index is 13.3. The Balaban J connectivity index is 2.65. The third-order valence-corrected chi connectivity index (χ3v) is 3.23. The normalized spacial score (nSPS) is 12.9. The van der Waals surface area contributed by atoms with Gasteiger partial charge in [-0.15, -0.1) is 0 Å². The minimum Gasteiger partial charge on any atom is -0.310 e. The van der Waals surface area contributed by atoms with Crippen molar-refractivity contribution < 1.29 is 4.39 Å². The van der Waals surface area contributed by atoms with Crippen LogP contribution in [0.15, 0.2) is 24.3 Å². The molecule has 0 aliphatic heterocycles. The van der Waals surface area contributed by atoms with Crippen LogP contribution in [0.3, 0.4) is 0 Å². The SMILES string of the molecule is CCCNC(CCN(C)CC)c1cccc(F)c1. The Hall–Kier alpha value is -0.930. The maximum atomic E-state index is 13.3. The van der Waals surface area contributed by atoms with Crippen LogP contribution in [0, 0.1) is 5.82 Å². The molecule has 0 aliphatic carbocycles. The van der Waals surface area contributed by atoms with Gasteiger partial charge in [-0.3, -0.25) is 0 Å². The lowest BCUT2D eigenvalue weighted by atomic mass is 10.0. The second-order valence-electron chi connectivity index (χ2n) is 4.75. The number of nitrogens with zero attached hydrogens (tertiary/aromatic N) is 1. The highest BCUT2D eigenvalue weighted by molar-refractivity contribution is 5.20. The minimum atomic E-state index is -0.153. The number of benzene rings is 1. The van der Waals surface area contributed by atoms with Crippen LogP contribution in [0.25, 0.3) is 0 Å². The van der Waals surface area contributed by atoms with E-state index in [0.29, 0.717) is 0 Å². The summed E-state index contributed by atoms with van der Waals surface area (Å²) in [6, 6.07) is 7.17. The third kappa shape index (κ3) is 5.15. The molecule has 0 aromatic heterocycles. The van der Waals surface area contributed by atoms with Gasteiger partial charge in [-0.25, -0.2) is 4.39 Å². The van der Waals surface area contributed by atoms with E-state index in [1.165, 1.54) is 6.07 Å². The molecule has 0 saturated heterocycles. The Morgan fingerprint density at radius 2 is 2.11 bits per heavy atom. The molecular weight excluding hydrogens is 227 g/mol. The van der Waals surface area contributed by atoms with Crippen molar-refractivity contribution in [1.82, 2.24) is 10.2 Å². The summed E-state index contributed by atoms with van der Waals surface area (Å²) in [5.74, 6) is -0.153. The second-order valence-corrected chi connectivity index (χ2v) is 4.75. The van der Waals surface area contributed by atoms with Crippen LogP contribution in [0.5, 0.6) is 0 Å². The summed E-state index contributed by atoms with van der Waals surface area (Å²) >= 11 is 0. The van der Waals surface area contributed by atoms with Crippen LogP contribution in [-0.4, -0.2) is 31.6 Å². The Morgan fingerprint density at radius 3 is 2.72 bits per heavy atom. The van der Waals surface area contributed by atoms with E-state index in [0.717, 1.165) is 38.0 Å². The molecule has 0 aliphatic rings. The zero-order valence-electron chi connectivity index (χ0n) is 11.7. The molecule has 0 spiro atoms. The molecule has 0 saturated carbocycles. The molecule has 102 valence electrons. The van der Waals surface area contributed by atoms with Crippen molar-refractivity contribution >= 4 is 0 Å². The van der Waals surface area contributed by atoms with Gasteiger partial charge in [0.2, 0.25) is 0 Å². The molecular formula is C15H25FN2. The highest BCUT2D eigenvalue weighted by atomic mass is 19.1. The minimum absolute atomic E-state index is 0.153. The Labute approximate surface area is 110 Å². The van der Waals surface area contributed by atoms with Crippen molar-refractivity contribution in [1.29, 1.82) is 0 Å². The molecule has 1 N–H and O–H groups in total. The highest BCUT2D eigenvalue weighted by Crippen LogP contribution is 2.18. The lowest BCUT2D eigenvalue weighted by molar-refractivity contribution is 0.321. The van der Waals surface area contributed by atoms with Crippen molar-refractivity contribution in [2.24, 2.45) is 0 Å². The molecule has 0 fully saturated rings. The number of rotatable bonds is 8. The summed E-state index contributed by atoms with van der Waals surface area (Å²) in [6.07, 6.45) is 2.10. The van der Waals surface area contributed by atoms with Crippen molar-refractivity contribution in [2.45, 2.75) is 32.7 Å². The van der Waals surface area contributed by atoms with Gasteiger partial charge < -0.3 is 10.2 Å². The molecule has 1 atom stereocenters. The van der Waals surface area contributed by atoms with Crippen LogP contribution < -0.4 is 5.32 Å². The van der Waals surface area contributed by atoms with Gasteiger partial charge >= 0.3 is 0 Å². The molecule has 2 nitrogen and oxygen atoms in total. The first kappa shape index (κ1) is 15.1. The molecule has 1 unspecified atom stereocenters. The zero-order valence-corrected chi connectivity index (χ0v) is 11.7. The number of halogens is 1. The Kier molecular flexibility index (Phi) is 6.91. The van der Waals surface area contributed by atoms with Gasteiger partial charge in [0.15, 0.2) is 0 Å². The fourth-order valence-electron chi connectivity index (χ4n) is 1.94. The van der Waals surface area contributed by atoms with Gasteiger partial charge in [0.1, 0.15) is 5.82 Å². The number of nitrogens with one attached hydrogen (secondary N) is 1. The predicted octanol–water partition coefficient (Wildman–Crippen LogP) is 3.21. The van der Waals surface area contributed by atoms with Crippen LogP contribution in [0.2, 0.25) is 0 Å². The summed E-state index contributed by atoms with van der Waals surface area (Å²) in [5, 5.41) is 3.50. The first-order valence-corrected chi connectivity index (χ1v) is 6.84. The summed E-state index contributed by atoms with van der Waals surface area (Å²) in [4.78, 5) is 2.28. The van der Waals surface area contributed by atoms with Crippen LogP contribution in [-0.2, 0) is 0 Å². The zero-order chi connectivity index (χ0) is 13.4. The average Bonchev–Trinajstić information content (AvgIpc) is 2.38. The fourth-order valence-corrected chi connectivity index (χ4v) is 1.94. The Morgan fingerprint density at radius 1 is 1.33 bits per heavy atom. The van der Waals surface area contributed by atoms with E-state index in [9.17, 15) is 4.39 Å². The smallest absolute Gasteiger partial charge is 0.123 e. The summed E-state index contributed by atoms with van der Waals surface area (Å²) in [7, 11) is 2.11. The van der Waals surface area contributed by atoms with Gasteiger partial charge in [0.25, 0.3) is 0 Å². The molecule has 0 radical (unpaired) electrons. The largest absolute Gasteiger partial charge is 0.310 e. The lowest BCUT2D eigenvalue weighted by Crippen LogP contribution is -2.27. The third-order valence-electron chi connectivity index (χ3n) is 3.23. The van der Waals surface area contributed by atoms with Crippen molar-refractivity contribution in [3.05, 3.63) is 35.6 Å². The van der Waals surface area contributed by atoms with Crippen LogP contribution >= 0.6 is 0 Å². The fraction of sp³-hybridized carbons (Fsp3) is 0.600. The van der Waals surface area contributed by atoms with Gasteiger partial charge in [-0.05, 0) is 57.2 Å². The van der Waals surface area contributed by atoms with Gasteiger partial charge in [0.05, 0.1) is 0 Å². The van der Waals surface area contributed by atoms with Crippen LogP contribution in [0.1, 0.15) is 38.3 Å². The summed E-state index contributed by atoms with van der Waals surface area (Å²) in [5.41, 5.74) is 1.05.